The van der Waals surface area contributed by atoms with Crippen LogP contribution in [0.1, 0.15) is 72.9 Å². The summed E-state index contributed by atoms with van der Waals surface area (Å²) in [5.41, 5.74) is 5.86. The quantitative estimate of drug-likeness (QED) is 0.508. The van der Waals surface area contributed by atoms with Gasteiger partial charge >= 0.3 is 0 Å². The van der Waals surface area contributed by atoms with Gasteiger partial charge in [-0.2, -0.15) is 0 Å². The molecule has 0 aliphatic heterocycles. The Bertz CT molecular complexity index is 451. The van der Waals surface area contributed by atoms with E-state index in [4.69, 9.17) is 0 Å². The van der Waals surface area contributed by atoms with Gasteiger partial charge in [0.1, 0.15) is 0 Å². The van der Waals surface area contributed by atoms with Gasteiger partial charge in [0.2, 0.25) is 0 Å². The number of hydrogen-bond acceptors (Lipinski definition) is 0. The van der Waals surface area contributed by atoms with Gasteiger partial charge in [-0.3, -0.25) is 0 Å². The first-order valence-corrected chi connectivity index (χ1v) is 7.60. The maximum Gasteiger partial charge on any atom is 0.00990 e. The first-order chi connectivity index (χ1) is 9.42. The number of fused-ring (bicyclic) bond motifs is 3. The maximum atomic E-state index is 2.27. The van der Waals surface area contributed by atoms with E-state index in [0.29, 0.717) is 5.92 Å². The molecule has 2 aromatic carbocycles. The highest BCUT2D eigenvalue weighted by Crippen LogP contribution is 2.45. The van der Waals surface area contributed by atoms with Crippen molar-refractivity contribution >= 4 is 0 Å². The molecule has 3 rings (SSSR count). The van der Waals surface area contributed by atoms with Crippen molar-refractivity contribution in [2.75, 3.05) is 0 Å². The summed E-state index contributed by atoms with van der Waals surface area (Å²) < 4.78 is 0. The molecule has 1 aliphatic rings. The molecule has 0 aromatic heterocycles. The second-order valence-electron chi connectivity index (χ2n) is 4.14. The van der Waals surface area contributed by atoms with Crippen LogP contribution >= 0.6 is 0 Å². The van der Waals surface area contributed by atoms with E-state index < -0.39 is 0 Å². The fourth-order valence-corrected chi connectivity index (χ4v) is 2.70. The van der Waals surface area contributed by atoms with E-state index in [1.54, 1.807) is 0 Å². The van der Waals surface area contributed by atoms with Crippen LogP contribution in [-0.2, 0) is 0 Å². The maximum absolute atomic E-state index is 2.27. The lowest BCUT2D eigenvalue weighted by molar-refractivity contribution is 0.797. The highest BCUT2D eigenvalue weighted by molar-refractivity contribution is 5.78. The molecular formula is C21H34. The minimum absolute atomic E-state index is 0. The van der Waals surface area contributed by atoms with E-state index in [2.05, 4.69) is 55.5 Å². The fourth-order valence-electron chi connectivity index (χ4n) is 2.70. The Labute approximate surface area is 133 Å². The third kappa shape index (κ3) is 4.20. The summed E-state index contributed by atoms with van der Waals surface area (Å²) in [6.07, 6.45) is 1.19. The Morgan fingerprint density at radius 3 is 1.33 bits per heavy atom. The van der Waals surface area contributed by atoms with E-state index in [1.165, 1.54) is 28.7 Å². The van der Waals surface area contributed by atoms with Gasteiger partial charge in [-0.25, -0.2) is 0 Å². The molecule has 0 saturated heterocycles. The molecule has 2 aromatic rings. The molecule has 0 spiro atoms. The average molecular weight is 287 g/mol. The Morgan fingerprint density at radius 1 is 0.667 bits per heavy atom. The fraction of sp³-hybridized carbons (Fsp3) is 0.429. The first kappa shape index (κ1) is 21.7. The van der Waals surface area contributed by atoms with Gasteiger partial charge in [0, 0.05) is 5.92 Å². The minimum atomic E-state index is 0. The van der Waals surface area contributed by atoms with E-state index >= 15 is 0 Å². The Morgan fingerprint density at radius 2 is 1.00 bits per heavy atom. The molecule has 0 atom stereocenters. The van der Waals surface area contributed by atoms with Crippen molar-refractivity contribution in [1.82, 2.24) is 0 Å². The molecule has 0 heteroatoms. The Hall–Kier alpha value is -1.56. The van der Waals surface area contributed by atoms with Crippen LogP contribution in [0.25, 0.3) is 11.1 Å². The van der Waals surface area contributed by atoms with E-state index in [9.17, 15) is 0 Å². The van der Waals surface area contributed by atoms with Gasteiger partial charge in [0.25, 0.3) is 0 Å². The second-order valence-corrected chi connectivity index (χ2v) is 4.14. The zero-order chi connectivity index (χ0) is 14.3. The normalized spacial score (nSPS) is 10.3. The van der Waals surface area contributed by atoms with Crippen molar-refractivity contribution in [3.63, 3.8) is 0 Å². The number of benzene rings is 2. The van der Waals surface area contributed by atoms with Crippen molar-refractivity contribution in [3.05, 3.63) is 59.7 Å². The lowest BCUT2D eigenvalue weighted by Crippen LogP contribution is -1.93. The summed E-state index contributed by atoms with van der Waals surface area (Å²) in [5.74, 6) is 0.609. The van der Waals surface area contributed by atoms with Crippen molar-refractivity contribution in [2.45, 2.75) is 61.8 Å². The lowest BCUT2D eigenvalue weighted by Gasteiger charge is -2.09. The molecule has 118 valence electrons. The Balaban J connectivity index is 0. The van der Waals surface area contributed by atoms with Crippen LogP contribution in [0.4, 0.5) is 0 Å². The average Bonchev–Trinajstić information content (AvgIpc) is 2.85. The van der Waals surface area contributed by atoms with Crippen LogP contribution in [0.2, 0.25) is 0 Å². The predicted octanol–water partition coefficient (Wildman–Crippen LogP) is 7.53. The highest BCUT2D eigenvalue weighted by Gasteiger charge is 2.25. The van der Waals surface area contributed by atoms with Gasteiger partial charge in [-0.1, -0.05) is 98.0 Å². The minimum Gasteiger partial charge on any atom is -0.0776 e. The van der Waals surface area contributed by atoms with Crippen molar-refractivity contribution in [2.24, 2.45) is 0 Å². The van der Waals surface area contributed by atoms with Gasteiger partial charge < -0.3 is 0 Å². The van der Waals surface area contributed by atoms with E-state index in [1.807, 2.05) is 27.7 Å². The monoisotopic (exact) mass is 286 g/mol. The van der Waals surface area contributed by atoms with E-state index in [0.717, 1.165) is 0 Å². The molecule has 0 amide bonds. The van der Waals surface area contributed by atoms with Gasteiger partial charge in [-0.05, 0) is 28.7 Å². The molecular weight excluding hydrogens is 252 g/mol. The van der Waals surface area contributed by atoms with Gasteiger partial charge in [-0.15, -0.1) is 0 Å². The molecule has 0 bridgehead atoms. The summed E-state index contributed by atoms with van der Waals surface area (Å²) in [6, 6.07) is 17.6. The van der Waals surface area contributed by atoms with Crippen LogP contribution in [0, 0.1) is 0 Å². The Kier molecular flexibility index (Phi) is 11.5. The first-order valence-electron chi connectivity index (χ1n) is 7.60. The zero-order valence-electron chi connectivity index (χ0n) is 12.9. The SMILES string of the molecule is C.C.CC.CC.CCC1c2ccccc2-c2ccccc21. The molecule has 0 heterocycles. The third-order valence-corrected chi connectivity index (χ3v) is 3.37. The van der Waals surface area contributed by atoms with Crippen LogP contribution < -0.4 is 0 Å². The van der Waals surface area contributed by atoms with Crippen LogP contribution in [0.5, 0.6) is 0 Å². The number of rotatable bonds is 1. The molecule has 0 fully saturated rings. The summed E-state index contributed by atoms with van der Waals surface area (Å²) in [7, 11) is 0. The van der Waals surface area contributed by atoms with Gasteiger partial charge in [0.05, 0.1) is 0 Å². The predicted molar refractivity (Wildman–Crippen MR) is 100 cm³/mol. The highest BCUT2D eigenvalue weighted by atomic mass is 14.3. The third-order valence-electron chi connectivity index (χ3n) is 3.37. The molecule has 21 heavy (non-hydrogen) atoms. The summed E-state index contributed by atoms with van der Waals surface area (Å²) in [6.45, 7) is 10.3. The van der Waals surface area contributed by atoms with Crippen molar-refractivity contribution < 1.29 is 0 Å². The number of hydrogen-bond donors (Lipinski definition) is 0. The van der Waals surface area contributed by atoms with Crippen molar-refractivity contribution in [1.29, 1.82) is 0 Å². The molecule has 0 nitrogen and oxygen atoms in total. The topological polar surface area (TPSA) is 0 Å². The summed E-state index contributed by atoms with van der Waals surface area (Å²) in [5, 5.41) is 0. The van der Waals surface area contributed by atoms with Crippen molar-refractivity contribution in [3.8, 4) is 11.1 Å². The largest absolute Gasteiger partial charge is 0.0776 e. The summed E-state index contributed by atoms with van der Waals surface area (Å²) in [4.78, 5) is 0. The zero-order valence-corrected chi connectivity index (χ0v) is 12.9. The molecule has 0 unspecified atom stereocenters. The van der Waals surface area contributed by atoms with Crippen LogP contribution in [-0.4, -0.2) is 0 Å². The molecule has 0 N–H and O–H groups in total. The lowest BCUT2D eigenvalue weighted by atomic mass is 9.95. The standard InChI is InChI=1S/C15H14.2C2H6.2CH4/c1-2-11-12-7-3-5-9-14(12)15-10-6-4-8-13(11)15;2*1-2;;/h3-11H,2H2,1H3;2*1-2H3;2*1H4. The smallest absolute Gasteiger partial charge is 0.00990 e. The van der Waals surface area contributed by atoms with Crippen LogP contribution in [0.15, 0.2) is 48.5 Å². The molecule has 0 radical (unpaired) electrons. The van der Waals surface area contributed by atoms with E-state index in [-0.39, 0.29) is 14.9 Å². The van der Waals surface area contributed by atoms with Gasteiger partial charge in [0.15, 0.2) is 0 Å². The van der Waals surface area contributed by atoms with Crippen LogP contribution in [0.3, 0.4) is 0 Å². The summed E-state index contributed by atoms with van der Waals surface area (Å²) >= 11 is 0. The molecule has 1 aliphatic carbocycles. The molecule has 0 saturated carbocycles. The second kappa shape index (κ2) is 11.1.